The lowest BCUT2D eigenvalue weighted by Gasteiger charge is -2.32. The summed E-state index contributed by atoms with van der Waals surface area (Å²) in [7, 11) is 0. The van der Waals surface area contributed by atoms with Crippen molar-refractivity contribution in [2.45, 2.75) is 22.8 Å². The van der Waals surface area contributed by atoms with Crippen LogP contribution >= 0.6 is 23.2 Å². The molecule has 1 aliphatic heterocycles. The van der Waals surface area contributed by atoms with E-state index in [1.54, 1.807) is 0 Å². The zero-order valence-corrected chi connectivity index (χ0v) is 15.8. The summed E-state index contributed by atoms with van der Waals surface area (Å²) in [5.74, 6) is 0.914. The van der Waals surface area contributed by atoms with E-state index in [4.69, 9.17) is 27.9 Å². The van der Waals surface area contributed by atoms with Crippen molar-refractivity contribution in [1.29, 1.82) is 0 Å². The molecule has 3 heteroatoms. The van der Waals surface area contributed by atoms with Crippen LogP contribution in [0.3, 0.4) is 0 Å². The summed E-state index contributed by atoms with van der Waals surface area (Å²) in [4.78, 5) is 0. The monoisotopic (exact) mass is 380 g/mol. The smallest absolute Gasteiger partial charge is 0.174 e. The minimum absolute atomic E-state index is 0.0447. The van der Waals surface area contributed by atoms with E-state index in [0.717, 1.165) is 16.9 Å². The summed E-state index contributed by atoms with van der Waals surface area (Å²) in [6.07, 6.45) is 0. The Kier molecular flexibility index (Phi) is 3.44. The summed E-state index contributed by atoms with van der Waals surface area (Å²) in [5, 5.41) is 0. The average Bonchev–Trinajstić information content (AvgIpc) is 3.17. The van der Waals surface area contributed by atoms with Gasteiger partial charge in [0.15, 0.2) is 9.93 Å². The van der Waals surface area contributed by atoms with Crippen LogP contribution in [0.4, 0.5) is 0 Å². The molecule has 0 N–H and O–H groups in total. The zero-order chi connectivity index (χ0) is 17.9. The van der Waals surface area contributed by atoms with E-state index < -0.39 is 9.93 Å². The molecular formula is C23H18Cl2O. The van der Waals surface area contributed by atoms with Crippen molar-refractivity contribution in [3.05, 3.63) is 101 Å². The summed E-state index contributed by atoms with van der Waals surface area (Å²) < 4.78 is 5.54. The predicted molar refractivity (Wildman–Crippen MR) is 106 cm³/mol. The largest absolute Gasteiger partial charge is 0.479 e. The fourth-order valence-corrected chi connectivity index (χ4v) is 5.55. The van der Waals surface area contributed by atoms with E-state index in [9.17, 15) is 0 Å². The summed E-state index contributed by atoms with van der Waals surface area (Å²) >= 11 is 13.9. The molecule has 0 amide bonds. The molecule has 0 spiro atoms. The lowest BCUT2D eigenvalue weighted by molar-refractivity contribution is 0.137. The second kappa shape index (κ2) is 5.52. The molecule has 5 rings (SSSR count). The Labute approximate surface area is 163 Å². The number of aryl methyl sites for hydroxylation is 1. The Balaban J connectivity index is 1.76. The van der Waals surface area contributed by atoms with Crippen LogP contribution in [0.15, 0.2) is 78.9 Å². The van der Waals surface area contributed by atoms with Crippen LogP contribution in [0.1, 0.15) is 28.2 Å². The van der Waals surface area contributed by atoms with Crippen molar-refractivity contribution in [3.63, 3.8) is 0 Å². The quantitative estimate of drug-likeness (QED) is 0.479. The molecular weight excluding hydrogens is 363 g/mol. The number of halogens is 2. The lowest BCUT2D eigenvalue weighted by Crippen LogP contribution is -2.29. The molecule has 1 nitrogen and oxygen atoms in total. The van der Waals surface area contributed by atoms with Gasteiger partial charge in [0.1, 0.15) is 5.75 Å². The van der Waals surface area contributed by atoms with E-state index in [1.165, 1.54) is 11.1 Å². The Morgan fingerprint density at radius 2 is 1.38 bits per heavy atom. The van der Waals surface area contributed by atoms with Gasteiger partial charge < -0.3 is 4.74 Å². The highest BCUT2D eigenvalue weighted by molar-refractivity contribution is 6.52. The normalized spacial score (nSPS) is 27.8. The van der Waals surface area contributed by atoms with Crippen LogP contribution in [0, 0.1) is 12.8 Å². The number of hydrogen-bond acceptors (Lipinski definition) is 1. The number of rotatable bonds is 2. The van der Waals surface area contributed by atoms with Gasteiger partial charge in [-0.2, -0.15) is 0 Å². The average molecular weight is 381 g/mol. The highest BCUT2D eigenvalue weighted by Gasteiger charge is 2.83. The fraction of sp³-hybridized carbons (Fsp3) is 0.217. The lowest BCUT2D eigenvalue weighted by atomic mass is 9.80. The van der Waals surface area contributed by atoms with Crippen molar-refractivity contribution in [1.82, 2.24) is 0 Å². The van der Waals surface area contributed by atoms with Crippen LogP contribution in [0.2, 0.25) is 0 Å². The second-order valence-corrected chi connectivity index (χ2v) is 8.56. The van der Waals surface area contributed by atoms with Crippen LogP contribution in [0.25, 0.3) is 0 Å². The van der Waals surface area contributed by atoms with Gasteiger partial charge >= 0.3 is 0 Å². The molecule has 0 bridgehead atoms. The van der Waals surface area contributed by atoms with Crippen LogP contribution in [-0.2, 0) is 5.60 Å². The first-order chi connectivity index (χ1) is 12.6. The Hall–Kier alpha value is -1.96. The van der Waals surface area contributed by atoms with Crippen LogP contribution in [0.5, 0.6) is 5.75 Å². The third kappa shape index (κ3) is 1.99. The van der Waals surface area contributed by atoms with E-state index in [1.807, 2.05) is 30.3 Å². The summed E-state index contributed by atoms with van der Waals surface area (Å²) in [6.45, 7) is 2.14. The van der Waals surface area contributed by atoms with Crippen LogP contribution < -0.4 is 4.74 Å². The molecule has 0 saturated heterocycles. The van der Waals surface area contributed by atoms with Gasteiger partial charge in [-0.3, -0.25) is 0 Å². The number of benzene rings is 3. The van der Waals surface area contributed by atoms with Gasteiger partial charge in [-0.1, -0.05) is 96.0 Å². The third-order valence-electron chi connectivity index (χ3n) is 5.82. The molecule has 0 unspecified atom stereocenters. The number of hydrogen-bond donors (Lipinski definition) is 0. The van der Waals surface area contributed by atoms with Crippen LogP contribution in [-0.4, -0.2) is 4.33 Å². The molecule has 1 fully saturated rings. The maximum absolute atomic E-state index is 6.93. The molecule has 26 heavy (non-hydrogen) atoms. The fourth-order valence-electron chi connectivity index (χ4n) is 4.56. The van der Waals surface area contributed by atoms with Gasteiger partial charge in [0.05, 0.1) is 5.92 Å². The van der Waals surface area contributed by atoms with Gasteiger partial charge in [0.2, 0.25) is 0 Å². The van der Waals surface area contributed by atoms with Gasteiger partial charge in [0, 0.05) is 11.5 Å². The SMILES string of the molecule is Cc1ccccc1[C@H]1c2ccccc2O[C@]2(c3ccccc3)[C@@H]1C2(Cl)Cl. The minimum Gasteiger partial charge on any atom is -0.479 e. The van der Waals surface area contributed by atoms with Gasteiger partial charge in [-0.25, -0.2) is 0 Å². The molecule has 1 heterocycles. The van der Waals surface area contributed by atoms with Crippen molar-refractivity contribution in [3.8, 4) is 5.75 Å². The first kappa shape index (κ1) is 16.2. The molecule has 3 atom stereocenters. The zero-order valence-electron chi connectivity index (χ0n) is 14.3. The van der Waals surface area contributed by atoms with Crippen molar-refractivity contribution in [2.24, 2.45) is 5.92 Å². The predicted octanol–water partition coefficient (Wildman–Crippen LogP) is 6.22. The number of alkyl halides is 2. The molecule has 0 aromatic heterocycles. The maximum atomic E-state index is 6.93. The second-order valence-electron chi connectivity index (χ2n) is 7.18. The maximum Gasteiger partial charge on any atom is 0.174 e. The first-order valence-electron chi connectivity index (χ1n) is 8.84. The Bertz CT molecular complexity index is 982. The highest BCUT2D eigenvalue weighted by Crippen LogP contribution is 2.77. The van der Waals surface area contributed by atoms with Crippen molar-refractivity contribution in [2.75, 3.05) is 0 Å². The Morgan fingerprint density at radius 1 is 0.769 bits per heavy atom. The molecule has 1 aliphatic carbocycles. The molecule has 1 saturated carbocycles. The van der Waals surface area contributed by atoms with Crippen molar-refractivity contribution >= 4 is 23.2 Å². The minimum atomic E-state index is -0.986. The van der Waals surface area contributed by atoms with E-state index in [-0.39, 0.29) is 11.8 Å². The number of para-hydroxylation sites is 1. The van der Waals surface area contributed by atoms with Gasteiger partial charge in [-0.05, 0) is 29.7 Å². The van der Waals surface area contributed by atoms with Gasteiger partial charge in [0.25, 0.3) is 0 Å². The van der Waals surface area contributed by atoms with E-state index in [2.05, 4.69) is 55.5 Å². The van der Waals surface area contributed by atoms with E-state index >= 15 is 0 Å². The third-order valence-corrected chi connectivity index (χ3v) is 6.86. The molecule has 2 aliphatic rings. The molecule has 3 aromatic rings. The molecule has 3 aromatic carbocycles. The Morgan fingerprint density at radius 3 is 2.12 bits per heavy atom. The summed E-state index contributed by atoms with van der Waals surface area (Å²) in [6, 6.07) is 26.8. The number of ether oxygens (including phenoxy) is 1. The topological polar surface area (TPSA) is 9.23 Å². The highest BCUT2D eigenvalue weighted by atomic mass is 35.5. The molecule has 0 radical (unpaired) electrons. The van der Waals surface area contributed by atoms with E-state index in [0.29, 0.717) is 0 Å². The molecule has 130 valence electrons. The first-order valence-corrected chi connectivity index (χ1v) is 9.60. The number of fused-ring (bicyclic) bond motifs is 2. The summed E-state index contributed by atoms with van der Waals surface area (Å²) in [5.41, 5.74) is 3.96. The van der Waals surface area contributed by atoms with Crippen molar-refractivity contribution < 1.29 is 4.74 Å². The standard InChI is InChI=1S/C23H18Cl2O/c1-15-9-5-6-12-17(15)20-18-13-7-8-14-19(18)26-22(21(20)23(22,24)25)16-10-3-2-4-11-16/h2-14,20-21H,1H3/t20-,21+,22+/m0/s1. The van der Waals surface area contributed by atoms with Gasteiger partial charge in [-0.15, -0.1) is 0 Å².